The first-order chi connectivity index (χ1) is 22.8. The van der Waals surface area contributed by atoms with E-state index in [2.05, 4.69) is 42.5 Å². The minimum absolute atomic E-state index is 0.0506. The van der Waals surface area contributed by atoms with E-state index in [0.717, 1.165) is 49.0 Å². The molecule has 1 saturated heterocycles. The summed E-state index contributed by atoms with van der Waals surface area (Å²) in [6, 6.07) is 7.75. The first-order valence-corrected chi connectivity index (χ1v) is 16.8. The number of carbonyl (C=O) groups excluding carboxylic acids is 1. The van der Waals surface area contributed by atoms with Gasteiger partial charge in [-0.3, -0.25) is 4.90 Å². The van der Waals surface area contributed by atoms with Crippen molar-refractivity contribution in [1.82, 2.24) is 10.2 Å². The molecule has 9 heteroatoms. The van der Waals surface area contributed by atoms with Gasteiger partial charge in [0.05, 0.1) is 0 Å². The number of benzene rings is 2. The number of hydrogen-bond donors (Lipinski definition) is 3. The quantitative estimate of drug-likeness (QED) is 0.297. The monoisotopic (exact) mass is 636 g/mol. The normalized spacial score (nSPS) is 37.6. The second-order valence-corrected chi connectivity index (χ2v) is 14.3. The lowest BCUT2D eigenvalue weighted by atomic mass is 9.53. The predicted octanol–water partition coefficient (Wildman–Crippen LogP) is 4.59. The SMILES string of the molecule is C=CCNC1Cc2ccc(O)c3c2[C@]2(C)[C@H]1C=C[C@H](OC(=O)O[C@H]1C=C[C@H]4[C@H]5Cc6ccc(O)c7c6[C@@]4(CCN5CC=C)[C@H]1O7)[C@@H]2O3. The van der Waals surface area contributed by atoms with Crippen LogP contribution in [0.3, 0.4) is 0 Å². The molecular formula is C38H40N2O7. The molecule has 4 aliphatic carbocycles. The highest BCUT2D eigenvalue weighted by Gasteiger charge is 2.66. The Morgan fingerprint density at radius 3 is 2.32 bits per heavy atom. The summed E-state index contributed by atoms with van der Waals surface area (Å²) in [4.78, 5) is 16.2. The van der Waals surface area contributed by atoms with E-state index < -0.39 is 41.4 Å². The van der Waals surface area contributed by atoms with E-state index in [4.69, 9.17) is 18.9 Å². The van der Waals surface area contributed by atoms with Crippen molar-refractivity contribution >= 4 is 6.16 Å². The minimum Gasteiger partial charge on any atom is -0.504 e. The lowest BCUT2D eigenvalue weighted by Crippen LogP contribution is -2.65. The average molecular weight is 637 g/mol. The maximum absolute atomic E-state index is 13.7. The molecule has 47 heavy (non-hydrogen) atoms. The molecular weight excluding hydrogens is 596 g/mol. The van der Waals surface area contributed by atoms with Crippen molar-refractivity contribution in [1.29, 1.82) is 0 Å². The van der Waals surface area contributed by atoms with Crippen molar-refractivity contribution in [2.45, 2.75) is 73.5 Å². The highest BCUT2D eigenvalue weighted by Crippen LogP contribution is 2.63. The van der Waals surface area contributed by atoms with Gasteiger partial charge in [0.2, 0.25) is 0 Å². The van der Waals surface area contributed by atoms with Gasteiger partial charge in [-0.25, -0.2) is 4.79 Å². The summed E-state index contributed by atoms with van der Waals surface area (Å²) < 4.78 is 25.3. The molecule has 0 aromatic heterocycles. The lowest BCUT2D eigenvalue weighted by molar-refractivity contribution is -0.0802. The lowest BCUT2D eigenvalue weighted by Gasteiger charge is -2.57. The molecule has 9 nitrogen and oxygen atoms in total. The number of carbonyl (C=O) groups is 1. The van der Waals surface area contributed by atoms with Crippen molar-refractivity contribution in [3.05, 3.63) is 96.1 Å². The number of rotatable bonds is 7. The fourth-order valence-electron chi connectivity index (χ4n) is 10.5. The molecule has 9 rings (SSSR count). The van der Waals surface area contributed by atoms with Crippen LogP contribution in [0, 0.1) is 11.8 Å². The van der Waals surface area contributed by atoms with Gasteiger partial charge >= 0.3 is 6.16 Å². The van der Waals surface area contributed by atoms with Gasteiger partial charge in [-0.15, -0.1) is 13.2 Å². The van der Waals surface area contributed by atoms with E-state index in [1.165, 1.54) is 5.56 Å². The van der Waals surface area contributed by atoms with Crippen molar-refractivity contribution in [2.24, 2.45) is 11.8 Å². The van der Waals surface area contributed by atoms with E-state index >= 15 is 0 Å². The molecule has 1 spiro atoms. The van der Waals surface area contributed by atoms with Gasteiger partial charge in [0, 0.05) is 59.0 Å². The first-order valence-electron chi connectivity index (χ1n) is 16.8. The third-order valence-corrected chi connectivity index (χ3v) is 12.3. The highest BCUT2D eigenvalue weighted by atomic mass is 16.7. The molecule has 7 aliphatic rings. The molecule has 2 aromatic rings. The Morgan fingerprint density at radius 1 is 0.936 bits per heavy atom. The van der Waals surface area contributed by atoms with Crippen LogP contribution in [0.5, 0.6) is 23.0 Å². The maximum atomic E-state index is 13.7. The number of hydrogen-bond acceptors (Lipinski definition) is 9. The molecule has 2 bridgehead atoms. The van der Waals surface area contributed by atoms with Gasteiger partial charge in [-0.2, -0.15) is 0 Å². The summed E-state index contributed by atoms with van der Waals surface area (Å²) in [6.07, 6.45) is 11.1. The molecule has 0 saturated carbocycles. The van der Waals surface area contributed by atoms with E-state index in [-0.39, 0.29) is 35.4 Å². The number of nitrogens with one attached hydrogen (secondary N) is 1. The van der Waals surface area contributed by atoms with Crippen LogP contribution >= 0.6 is 0 Å². The molecule has 1 fully saturated rings. The zero-order chi connectivity index (χ0) is 32.2. The summed E-state index contributed by atoms with van der Waals surface area (Å²) in [5.41, 5.74) is 3.37. The number of likely N-dealkylation sites (tertiary alicyclic amines) is 1. The molecule has 2 aromatic carbocycles. The van der Waals surface area contributed by atoms with Crippen molar-refractivity contribution < 1.29 is 34.0 Å². The van der Waals surface area contributed by atoms with Gasteiger partial charge in [-0.1, -0.05) is 43.4 Å². The minimum atomic E-state index is -0.812. The van der Waals surface area contributed by atoms with Crippen LogP contribution in [0.1, 0.15) is 35.6 Å². The Labute approximate surface area is 274 Å². The van der Waals surface area contributed by atoms with Crippen LogP contribution in [0.15, 0.2) is 73.9 Å². The molecule has 1 unspecified atom stereocenters. The van der Waals surface area contributed by atoms with Gasteiger partial charge < -0.3 is 34.5 Å². The summed E-state index contributed by atoms with van der Waals surface area (Å²) in [5.74, 6) is 1.38. The zero-order valence-electron chi connectivity index (χ0n) is 26.4. The molecule has 3 heterocycles. The highest BCUT2D eigenvalue weighted by molar-refractivity contribution is 5.65. The fourth-order valence-corrected chi connectivity index (χ4v) is 10.5. The Bertz CT molecular complexity index is 1770. The van der Waals surface area contributed by atoms with Gasteiger partial charge in [0.15, 0.2) is 35.2 Å². The summed E-state index contributed by atoms with van der Waals surface area (Å²) >= 11 is 0. The first kappa shape index (κ1) is 29.0. The second kappa shape index (κ2) is 10.1. The molecule has 3 aliphatic heterocycles. The van der Waals surface area contributed by atoms with Gasteiger partial charge in [0.25, 0.3) is 0 Å². The van der Waals surface area contributed by atoms with Crippen molar-refractivity contribution in [3.8, 4) is 23.0 Å². The van der Waals surface area contributed by atoms with E-state index in [1.807, 2.05) is 36.4 Å². The zero-order valence-corrected chi connectivity index (χ0v) is 26.4. The van der Waals surface area contributed by atoms with Gasteiger partial charge in [-0.05, 0) is 61.2 Å². The number of nitrogens with zero attached hydrogens (tertiary/aromatic N) is 1. The van der Waals surface area contributed by atoms with Crippen molar-refractivity contribution in [2.75, 3.05) is 19.6 Å². The number of phenolic OH excluding ortho intramolecular Hbond substituents is 2. The number of ether oxygens (including phenoxy) is 4. The van der Waals surface area contributed by atoms with E-state index in [9.17, 15) is 15.0 Å². The Hall–Kier alpha value is -4.21. The Balaban J connectivity index is 1.01. The van der Waals surface area contributed by atoms with Crippen LogP contribution in [0.25, 0.3) is 0 Å². The maximum Gasteiger partial charge on any atom is 0.509 e. The Morgan fingerprint density at radius 2 is 1.60 bits per heavy atom. The van der Waals surface area contributed by atoms with Crippen LogP contribution in [-0.4, -0.2) is 77.4 Å². The van der Waals surface area contributed by atoms with Crippen LogP contribution in [0.2, 0.25) is 0 Å². The van der Waals surface area contributed by atoms with E-state index in [1.54, 1.807) is 12.1 Å². The number of aromatic hydroxyl groups is 2. The second-order valence-electron chi connectivity index (χ2n) is 14.3. The van der Waals surface area contributed by atoms with Crippen LogP contribution in [0.4, 0.5) is 4.79 Å². The van der Waals surface area contributed by atoms with Crippen LogP contribution in [-0.2, 0) is 33.1 Å². The molecule has 0 amide bonds. The average Bonchev–Trinajstić information content (AvgIpc) is 3.58. The summed E-state index contributed by atoms with van der Waals surface area (Å²) in [5, 5.41) is 25.3. The standard InChI is InChI=1S/C38H40N2O7/c1-4-15-39-24-18-20-6-10-26(41)32-30(20)37(3)22(24)8-12-28(34(37)46-32)44-36(43)45-29-13-9-23-25-19-21-7-11-27(42)33-31(21)38(23,35(29)47-33)14-17-40(25)16-5-2/h4-13,22-25,28-29,34-35,39,41-42H,1-2,14-19H2,3H3/t22-,23-,24?,25+,28-,29-,34-,35-,37-,38-/m0/s1. The molecule has 0 radical (unpaired) electrons. The third-order valence-electron chi connectivity index (χ3n) is 12.3. The number of piperidine rings is 1. The topological polar surface area (TPSA) is 110 Å². The molecule has 10 atom stereocenters. The third kappa shape index (κ3) is 3.75. The van der Waals surface area contributed by atoms with E-state index in [0.29, 0.717) is 18.0 Å². The Kier molecular flexibility index (Phi) is 6.25. The largest absolute Gasteiger partial charge is 0.509 e. The summed E-state index contributed by atoms with van der Waals surface area (Å²) in [6.45, 7) is 12.3. The van der Waals surface area contributed by atoms with Crippen molar-refractivity contribution in [3.63, 3.8) is 0 Å². The smallest absolute Gasteiger partial charge is 0.504 e. The molecule has 3 N–H and O–H groups in total. The predicted molar refractivity (Wildman–Crippen MR) is 174 cm³/mol. The number of phenols is 2. The van der Waals surface area contributed by atoms with Crippen LogP contribution < -0.4 is 14.8 Å². The summed E-state index contributed by atoms with van der Waals surface area (Å²) in [7, 11) is 0. The fraction of sp³-hybridized carbons (Fsp3) is 0.447. The molecule has 244 valence electrons. The van der Waals surface area contributed by atoms with Gasteiger partial charge in [0.1, 0.15) is 12.2 Å².